The fourth-order valence-electron chi connectivity index (χ4n) is 6.34. The maximum atomic E-state index is 6.43. The first-order valence-corrected chi connectivity index (χ1v) is 15.4. The molecule has 0 radical (unpaired) electrons. The van der Waals surface area contributed by atoms with Crippen molar-refractivity contribution in [2.45, 2.75) is 57.8 Å². The number of nitrogens with zero attached hydrogens (tertiary/aromatic N) is 4. The Morgan fingerprint density at radius 2 is 1.22 bits per heavy atom. The van der Waals surface area contributed by atoms with Crippen molar-refractivity contribution in [1.29, 1.82) is 0 Å². The third-order valence-electron chi connectivity index (χ3n) is 8.70. The minimum Gasteiger partial charge on any atom is -0.509 e. The molecule has 0 spiro atoms. The molecular formula is C40H36N4OPt. The van der Waals surface area contributed by atoms with Crippen LogP contribution in [0.5, 0.6) is 11.5 Å². The van der Waals surface area contributed by atoms with E-state index in [0.717, 1.165) is 11.3 Å². The molecule has 0 bridgehead atoms. The van der Waals surface area contributed by atoms with Gasteiger partial charge in [0.2, 0.25) is 0 Å². The molecule has 0 aliphatic heterocycles. The molecule has 46 heavy (non-hydrogen) atoms. The van der Waals surface area contributed by atoms with E-state index in [4.69, 9.17) is 9.72 Å². The molecule has 4 aromatic carbocycles. The van der Waals surface area contributed by atoms with Crippen LogP contribution in [0.1, 0.15) is 75.1 Å². The summed E-state index contributed by atoms with van der Waals surface area (Å²) in [5, 5.41) is 8.48. The molecule has 0 amide bonds. The van der Waals surface area contributed by atoms with Crippen LogP contribution in [0.3, 0.4) is 0 Å². The van der Waals surface area contributed by atoms with Crippen molar-refractivity contribution in [3.05, 3.63) is 155 Å². The second kappa shape index (κ2) is 11.8. The Kier molecular flexibility index (Phi) is 8.11. The molecule has 6 heteroatoms. The molecule has 5 nitrogen and oxygen atoms in total. The van der Waals surface area contributed by atoms with Crippen molar-refractivity contribution in [2.24, 2.45) is 0 Å². The number of ether oxygens (including phenoxy) is 1. The predicted molar refractivity (Wildman–Crippen MR) is 178 cm³/mol. The topological polar surface area (TPSA) is 52.8 Å². The van der Waals surface area contributed by atoms with E-state index in [-0.39, 0.29) is 31.9 Å². The normalized spacial score (nSPS) is 13.4. The smallest absolute Gasteiger partial charge is 0.509 e. The van der Waals surface area contributed by atoms with Gasteiger partial charge in [-0.3, -0.25) is 4.98 Å². The second-order valence-corrected chi connectivity index (χ2v) is 13.7. The van der Waals surface area contributed by atoms with Crippen LogP contribution in [-0.4, -0.2) is 20.0 Å². The first kappa shape index (κ1) is 31.6. The van der Waals surface area contributed by atoms with Gasteiger partial charge in [-0.2, -0.15) is 33.2 Å². The summed E-state index contributed by atoms with van der Waals surface area (Å²) in [5.74, 6) is 1.15. The summed E-state index contributed by atoms with van der Waals surface area (Å²) >= 11 is 0. The van der Waals surface area contributed by atoms with Crippen LogP contribution in [0.4, 0.5) is 0 Å². The molecule has 0 saturated carbocycles. The van der Waals surface area contributed by atoms with Crippen LogP contribution < -0.4 is 4.74 Å². The Hall–Kier alpha value is -4.34. The third kappa shape index (κ3) is 5.41. The standard InChI is InChI=1S/C40H36N4O.Pt/c1-38(2,3)27-16-18-33-34-19-17-28(39(4,5)6)25-36(34)40(35(33)24-27,37-15-7-8-20-41-37)29-11-9-13-31(23-29)45-32-14-10-12-30(26-32)44-42-21-22-43-44;/h7-22,24-25H,1-6H3;/q-2;+2. The molecular weight excluding hydrogens is 748 g/mol. The van der Waals surface area contributed by atoms with E-state index in [0.29, 0.717) is 17.2 Å². The molecule has 0 N–H and O–H groups in total. The van der Waals surface area contributed by atoms with Crippen molar-refractivity contribution in [3.63, 3.8) is 0 Å². The number of hydrogen-bond acceptors (Lipinski definition) is 4. The van der Waals surface area contributed by atoms with Crippen LogP contribution in [0.15, 0.2) is 110 Å². The van der Waals surface area contributed by atoms with Crippen molar-refractivity contribution in [1.82, 2.24) is 20.0 Å². The SMILES string of the molecule is CC(C)(C)c1ccc2c(c1)C(c1[c-]c(Oc3[c-]c(-n4nccn4)ccc3)ccc1)(c1ccccn1)c1cc(C(C)(C)C)ccc1-2.[Pt+2]. The minimum absolute atomic E-state index is 0. The number of pyridine rings is 1. The molecule has 232 valence electrons. The Morgan fingerprint density at radius 3 is 1.78 bits per heavy atom. The first-order valence-electron chi connectivity index (χ1n) is 15.4. The van der Waals surface area contributed by atoms with Gasteiger partial charge in [-0.05, 0) is 62.0 Å². The van der Waals surface area contributed by atoms with E-state index in [2.05, 4.69) is 118 Å². The van der Waals surface area contributed by atoms with E-state index in [1.807, 2.05) is 42.6 Å². The molecule has 6 aromatic rings. The van der Waals surface area contributed by atoms with Crippen molar-refractivity contribution < 1.29 is 25.8 Å². The summed E-state index contributed by atoms with van der Waals surface area (Å²) in [6.45, 7) is 13.6. The van der Waals surface area contributed by atoms with Gasteiger partial charge in [0.15, 0.2) is 0 Å². The average molecular weight is 784 g/mol. The van der Waals surface area contributed by atoms with Crippen LogP contribution in [0.25, 0.3) is 16.8 Å². The molecule has 1 aliphatic carbocycles. The van der Waals surface area contributed by atoms with Crippen LogP contribution in [0.2, 0.25) is 0 Å². The fourth-order valence-corrected chi connectivity index (χ4v) is 6.34. The zero-order valence-corrected chi connectivity index (χ0v) is 29.2. The molecule has 0 unspecified atom stereocenters. The van der Waals surface area contributed by atoms with E-state index in [9.17, 15) is 0 Å². The van der Waals surface area contributed by atoms with Gasteiger partial charge < -0.3 is 4.74 Å². The van der Waals surface area contributed by atoms with Crippen molar-refractivity contribution >= 4 is 0 Å². The van der Waals surface area contributed by atoms with Gasteiger partial charge in [0.1, 0.15) is 0 Å². The summed E-state index contributed by atoms with van der Waals surface area (Å²) < 4.78 is 6.43. The first-order chi connectivity index (χ1) is 21.5. The Balaban J connectivity index is 0.00000372. The summed E-state index contributed by atoms with van der Waals surface area (Å²) in [7, 11) is 0. The van der Waals surface area contributed by atoms with E-state index >= 15 is 0 Å². The maximum Gasteiger partial charge on any atom is 2.00 e. The number of rotatable bonds is 5. The quantitative estimate of drug-likeness (QED) is 0.164. The van der Waals surface area contributed by atoms with Gasteiger partial charge in [0, 0.05) is 17.7 Å². The number of aromatic nitrogens is 4. The molecule has 1 aliphatic rings. The maximum absolute atomic E-state index is 6.43. The average Bonchev–Trinajstić information content (AvgIpc) is 3.66. The summed E-state index contributed by atoms with van der Waals surface area (Å²) in [6, 6.07) is 38.9. The number of hydrogen-bond donors (Lipinski definition) is 0. The number of benzene rings is 4. The molecule has 0 atom stereocenters. The summed E-state index contributed by atoms with van der Waals surface area (Å²) in [6.07, 6.45) is 5.17. The molecule has 0 saturated heterocycles. The third-order valence-corrected chi connectivity index (χ3v) is 8.70. The Labute approximate surface area is 286 Å². The molecule has 0 fully saturated rings. The van der Waals surface area contributed by atoms with Gasteiger partial charge in [0.25, 0.3) is 0 Å². The van der Waals surface area contributed by atoms with Crippen LogP contribution >= 0.6 is 0 Å². The van der Waals surface area contributed by atoms with E-state index in [1.54, 1.807) is 12.4 Å². The largest absolute Gasteiger partial charge is 2.00 e. The monoisotopic (exact) mass is 783 g/mol. The van der Waals surface area contributed by atoms with E-state index < -0.39 is 5.41 Å². The van der Waals surface area contributed by atoms with Gasteiger partial charge in [-0.25, -0.2) is 0 Å². The van der Waals surface area contributed by atoms with Gasteiger partial charge >= 0.3 is 21.1 Å². The summed E-state index contributed by atoms with van der Waals surface area (Å²) in [5.41, 5.74) is 9.25. The van der Waals surface area contributed by atoms with Crippen LogP contribution in [0, 0.1) is 12.1 Å². The zero-order valence-electron chi connectivity index (χ0n) is 26.9. The Morgan fingerprint density at radius 1 is 0.630 bits per heavy atom. The number of fused-ring (bicyclic) bond motifs is 3. The zero-order chi connectivity index (χ0) is 31.4. The van der Waals surface area contributed by atoms with Crippen LogP contribution in [-0.2, 0) is 37.3 Å². The fraction of sp³-hybridized carbons (Fsp3) is 0.225. The van der Waals surface area contributed by atoms with Gasteiger partial charge in [-0.15, -0.1) is 35.9 Å². The molecule has 7 rings (SSSR count). The second-order valence-electron chi connectivity index (χ2n) is 13.7. The summed E-state index contributed by atoms with van der Waals surface area (Å²) in [4.78, 5) is 6.58. The van der Waals surface area contributed by atoms with Crippen molar-refractivity contribution in [2.75, 3.05) is 0 Å². The Bertz CT molecular complexity index is 1940. The van der Waals surface area contributed by atoms with Gasteiger partial charge in [0.05, 0.1) is 23.5 Å². The van der Waals surface area contributed by atoms with Gasteiger partial charge in [-0.1, -0.05) is 84.0 Å². The minimum atomic E-state index is -0.710. The van der Waals surface area contributed by atoms with E-state index in [1.165, 1.54) is 38.2 Å². The van der Waals surface area contributed by atoms with Crippen molar-refractivity contribution in [3.8, 4) is 28.3 Å². The predicted octanol–water partition coefficient (Wildman–Crippen LogP) is 9.01. The molecule has 2 aromatic heterocycles. The molecule has 2 heterocycles.